The van der Waals surface area contributed by atoms with Crippen LogP contribution in [0.15, 0.2) is 84.9 Å². The van der Waals surface area contributed by atoms with E-state index in [1.54, 1.807) is 7.11 Å². The highest BCUT2D eigenvalue weighted by molar-refractivity contribution is 6.30. The molecule has 0 aliphatic carbocycles. The number of hydrogen-bond acceptors (Lipinski definition) is 2. The van der Waals surface area contributed by atoms with Crippen LogP contribution in [-0.2, 0) is 0 Å². The minimum Gasteiger partial charge on any atom is -0.497 e. The van der Waals surface area contributed by atoms with E-state index in [0.717, 1.165) is 44.4 Å². The monoisotopic (exact) mass is 385 g/mol. The number of pyridine rings is 1. The predicted octanol–water partition coefficient (Wildman–Crippen LogP) is 7.05. The number of halogens is 1. The molecule has 2 nitrogen and oxygen atoms in total. The van der Waals surface area contributed by atoms with Crippen LogP contribution in [0.4, 0.5) is 0 Å². The zero-order valence-corrected chi connectivity index (χ0v) is 16.6. The molecule has 0 atom stereocenters. The number of methoxy groups -OCH3 is 1. The zero-order chi connectivity index (χ0) is 19.5. The third-order valence-electron chi connectivity index (χ3n) is 4.74. The lowest BCUT2D eigenvalue weighted by molar-refractivity contribution is 0.415. The van der Waals surface area contributed by atoms with Crippen molar-refractivity contribution in [2.24, 2.45) is 0 Å². The lowest BCUT2D eigenvalue weighted by atomic mass is 9.99. The van der Waals surface area contributed by atoms with Crippen molar-refractivity contribution in [2.45, 2.75) is 6.92 Å². The first kappa shape index (κ1) is 18.3. The molecule has 0 saturated carbocycles. The van der Waals surface area contributed by atoms with Gasteiger partial charge < -0.3 is 4.74 Å². The van der Waals surface area contributed by atoms with Crippen molar-refractivity contribution in [1.82, 2.24) is 4.98 Å². The molecule has 0 fully saturated rings. The Morgan fingerprint density at radius 1 is 0.643 bits per heavy atom. The highest BCUT2D eigenvalue weighted by atomic mass is 35.5. The molecule has 0 radical (unpaired) electrons. The Morgan fingerprint density at radius 2 is 1.14 bits per heavy atom. The van der Waals surface area contributed by atoms with Crippen molar-refractivity contribution < 1.29 is 4.74 Å². The Morgan fingerprint density at radius 3 is 1.68 bits per heavy atom. The minimum absolute atomic E-state index is 0.729. The van der Waals surface area contributed by atoms with Gasteiger partial charge in [-0.1, -0.05) is 53.6 Å². The lowest BCUT2D eigenvalue weighted by Crippen LogP contribution is -1.92. The van der Waals surface area contributed by atoms with Crippen molar-refractivity contribution in [3.05, 3.63) is 95.5 Å². The Hall–Kier alpha value is -3.10. The van der Waals surface area contributed by atoms with E-state index < -0.39 is 0 Å². The van der Waals surface area contributed by atoms with Crippen LogP contribution in [0.1, 0.15) is 5.56 Å². The topological polar surface area (TPSA) is 22.1 Å². The summed E-state index contributed by atoms with van der Waals surface area (Å²) in [5, 5.41) is 0.729. The molecule has 0 spiro atoms. The number of nitrogens with zero attached hydrogens (tertiary/aromatic N) is 1. The molecule has 28 heavy (non-hydrogen) atoms. The Balaban J connectivity index is 1.86. The summed E-state index contributed by atoms with van der Waals surface area (Å²) in [6.45, 7) is 2.09. The average molecular weight is 386 g/mol. The molecule has 138 valence electrons. The largest absolute Gasteiger partial charge is 0.497 e. The van der Waals surface area contributed by atoms with Crippen molar-refractivity contribution in [3.63, 3.8) is 0 Å². The van der Waals surface area contributed by atoms with Crippen LogP contribution in [0.3, 0.4) is 0 Å². The van der Waals surface area contributed by atoms with E-state index >= 15 is 0 Å². The number of benzene rings is 3. The van der Waals surface area contributed by atoms with Gasteiger partial charge in [-0.15, -0.1) is 0 Å². The van der Waals surface area contributed by atoms with E-state index in [4.69, 9.17) is 21.3 Å². The van der Waals surface area contributed by atoms with Gasteiger partial charge in [0.15, 0.2) is 0 Å². The van der Waals surface area contributed by atoms with Gasteiger partial charge in [-0.25, -0.2) is 4.98 Å². The molecule has 0 amide bonds. The summed E-state index contributed by atoms with van der Waals surface area (Å²) in [7, 11) is 1.67. The summed E-state index contributed by atoms with van der Waals surface area (Å²) in [6, 6.07) is 28.6. The predicted molar refractivity (Wildman–Crippen MR) is 117 cm³/mol. The second-order valence-electron chi connectivity index (χ2n) is 6.73. The Bertz CT molecular complexity index is 1020. The zero-order valence-electron chi connectivity index (χ0n) is 15.8. The number of rotatable bonds is 4. The third-order valence-corrected chi connectivity index (χ3v) is 4.99. The van der Waals surface area contributed by atoms with E-state index in [1.807, 2.05) is 48.5 Å². The van der Waals surface area contributed by atoms with Crippen molar-refractivity contribution in [3.8, 4) is 39.4 Å². The van der Waals surface area contributed by atoms with Crippen molar-refractivity contribution >= 4 is 11.6 Å². The molecule has 0 saturated heterocycles. The summed E-state index contributed by atoms with van der Waals surface area (Å²) in [5.41, 5.74) is 7.45. The van der Waals surface area contributed by atoms with Gasteiger partial charge >= 0.3 is 0 Å². The first-order chi connectivity index (χ1) is 13.6. The highest BCUT2D eigenvalue weighted by Crippen LogP contribution is 2.31. The molecule has 0 bridgehead atoms. The van der Waals surface area contributed by atoms with E-state index in [1.165, 1.54) is 5.56 Å². The smallest absolute Gasteiger partial charge is 0.118 e. The fourth-order valence-corrected chi connectivity index (χ4v) is 3.25. The summed E-state index contributed by atoms with van der Waals surface area (Å²) in [6.07, 6.45) is 0. The standard InChI is InChI=1S/C25H20ClNO/c1-17-3-5-19(6-4-17)24-15-21(18-7-11-22(26)12-8-18)16-25(27-24)20-9-13-23(28-2)14-10-20/h3-16H,1-2H3. The second kappa shape index (κ2) is 7.87. The van der Waals surface area contributed by atoms with E-state index in [-0.39, 0.29) is 0 Å². The Kier molecular flexibility index (Phi) is 5.14. The molecule has 1 aromatic heterocycles. The molecule has 0 aliphatic heterocycles. The maximum absolute atomic E-state index is 6.07. The third kappa shape index (κ3) is 3.92. The van der Waals surface area contributed by atoms with Gasteiger partial charge in [-0.05, 0) is 66.6 Å². The van der Waals surface area contributed by atoms with Crippen LogP contribution in [0, 0.1) is 6.92 Å². The van der Waals surface area contributed by atoms with Gasteiger partial charge in [0.25, 0.3) is 0 Å². The van der Waals surface area contributed by atoms with Crippen molar-refractivity contribution in [1.29, 1.82) is 0 Å². The first-order valence-corrected chi connectivity index (χ1v) is 9.50. The van der Waals surface area contributed by atoms with Gasteiger partial charge in [0.1, 0.15) is 5.75 Å². The number of hydrogen-bond donors (Lipinski definition) is 0. The van der Waals surface area contributed by atoms with Crippen LogP contribution in [0.25, 0.3) is 33.6 Å². The number of aryl methyl sites for hydroxylation is 1. The van der Waals surface area contributed by atoms with Crippen LogP contribution in [0.5, 0.6) is 5.75 Å². The fraction of sp³-hybridized carbons (Fsp3) is 0.0800. The molecular formula is C25H20ClNO. The molecule has 4 rings (SSSR count). The SMILES string of the molecule is COc1ccc(-c2cc(-c3ccc(Cl)cc3)cc(-c3ccc(C)cc3)n2)cc1. The van der Waals surface area contributed by atoms with Gasteiger partial charge in [0, 0.05) is 16.1 Å². The molecule has 1 heterocycles. The number of ether oxygens (including phenoxy) is 1. The molecular weight excluding hydrogens is 366 g/mol. The molecule has 4 aromatic rings. The molecule has 0 aliphatic rings. The van der Waals surface area contributed by atoms with Gasteiger partial charge in [0.05, 0.1) is 18.5 Å². The van der Waals surface area contributed by atoms with Crippen molar-refractivity contribution in [2.75, 3.05) is 7.11 Å². The highest BCUT2D eigenvalue weighted by Gasteiger charge is 2.09. The molecule has 0 unspecified atom stereocenters. The average Bonchev–Trinajstić information content (AvgIpc) is 2.74. The van der Waals surface area contributed by atoms with E-state index in [0.29, 0.717) is 0 Å². The summed E-state index contributed by atoms with van der Waals surface area (Å²) < 4.78 is 5.28. The van der Waals surface area contributed by atoms with Gasteiger partial charge in [-0.3, -0.25) is 0 Å². The number of aromatic nitrogens is 1. The van der Waals surface area contributed by atoms with E-state index in [2.05, 4.69) is 43.3 Å². The van der Waals surface area contributed by atoms with Crippen LogP contribution in [-0.4, -0.2) is 12.1 Å². The normalized spacial score (nSPS) is 10.7. The first-order valence-electron chi connectivity index (χ1n) is 9.12. The molecule has 3 heteroatoms. The summed E-state index contributed by atoms with van der Waals surface area (Å²) >= 11 is 6.07. The Labute approximate surface area is 170 Å². The maximum Gasteiger partial charge on any atom is 0.118 e. The van der Waals surface area contributed by atoms with Crippen LogP contribution >= 0.6 is 11.6 Å². The fourth-order valence-electron chi connectivity index (χ4n) is 3.12. The molecule has 3 aromatic carbocycles. The summed E-state index contributed by atoms with van der Waals surface area (Å²) in [5.74, 6) is 0.830. The second-order valence-corrected chi connectivity index (χ2v) is 7.16. The van der Waals surface area contributed by atoms with Gasteiger partial charge in [0.2, 0.25) is 0 Å². The molecule has 0 N–H and O–H groups in total. The van der Waals surface area contributed by atoms with Crippen LogP contribution in [0.2, 0.25) is 5.02 Å². The van der Waals surface area contributed by atoms with Crippen LogP contribution < -0.4 is 4.74 Å². The summed E-state index contributed by atoms with van der Waals surface area (Å²) in [4.78, 5) is 4.94. The quantitative estimate of drug-likeness (QED) is 0.375. The maximum atomic E-state index is 6.07. The van der Waals surface area contributed by atoms with E-state index in [9.17, 15) is 0 Å². The van der Waals surface area contributed by atoms with Gasteiger partial charge in [-0.2, -0.15) is 0 Å². The lowest BCUT2D eigenvalue weighted by Gasteiger charge is -2.11. The minimum atomic E-state index is 0.729.